The molecule has 21 heavy (non-hydrogen) atoms. The van der Waals surface area contributed by atoms with Crippen LogP contribution in [-0.2, 0) is 0 Å². The lowest BCUT2D eigenvalue weighted by Crippen LogP contribution is -2.24. The highest BCUT2D eigenvalue weighted by Gasteiger charge is 2.11. The molecule has 112 valence electrons. The molecule has 2 aromatic rings. The minimum atomic E-state index is -0.239. The van der Waals surface area contributed by atoms with Crippen LogP contribution >= 0.6 is 11.9 Å². The van der Waals surface area contributed by atoms with Crippen molar-refractivity contribution >= 4 is 34.6 Å². The molecular weight excluding hydrogens is 284 g/mol. The molecule has 0 aliphatic carbocycles. The summed E-state index contributed by atoms with van der Waals surface area (Å²) in [5, 5.41) is 3.99. The Morgan fingerprint density at radius 3 is 2.81 bits per heavy atom. The molecule has 2 rings (SSSR count). The average Bonchev–Trinajstić information content (AvgIpc) is 2.44. The summed E-state index contributed by atoms with van der Waals surface area (Å²) < 4.78 is 2.71. The van der Waals surface area contributed by atoms with Gasteiger partial charge in [0.2, 0.25) is 0 Å². The first-order valence-electron chi connectivity index (χ1n) is 6.79. The molecule has 0 aliphatic heterocycles. The molecule has 1 aromatic heterocycles. The van der Waals surface area contributed by atoms with Crippen molar-refractivity contribution in [2.45, 2.75) is 20.8 Å². The number of rotatable bonds is 4. The molecular formula is C15H20N4OS. The maximum atomic E-state index is 11.9. The second-order valence-electron chi connectivity index (χ2n) is 4.91. The largest absolute Gasteiger partial charge is 0.330 e. The Balaban J connectivity index is 2.31. The van der Waals surface area contributed by atoms with Crippen LogP contribution in [0, 0.1) is 20.8 Å². The van der Waals surface area contributed by atoms with Crippen molar-refractivity contribution in [1.82, 2.24) is 9.71 Å². The van der Waals surface area contributed by atoms with Gasteiger partial charge in [-0.25, -0.2) is 4.79 Å². The molecule has 0 spiro atoms. The number of aromatic nitrogens is 1. The molecule has 0 atom stereocenters. The smallest absolute Gasteiger partial charge is 0.329 e. The van der Waals surface area contributed by atoms with Crippen LogP contribution in [0.5, 0.6) is 0 Å². The van der Waals surface area contributed by atoms with Crippen LogP contribution in [0.2, 0.25) is 0 Å². The topological polar surface area (TPSA) is 80.0 Å². The van der Waals surface area contributed by atoms with Crippen LogP contribution < -0.4 is 15.8 Å². The maximum absolute atomic E-state index is 11.9. The van der Waals surface area contributed by atoms with E-state index in [4.69, 9.17) is 5.73 Å². The second kappa shape index (κ2) is 6.78. The summed E-state index contributed by atoms with van der Waals surface area (Å²) in [6, 6.07) is 3.70. The number of anilines is 1. The van der Waals surface area contributed by atoms with E-state index in [2.05, 4.69) is 21.9 Å². The number of nitrogens with zero attached hydrogens (tertiary/aromatic N) is 1. The van der Waals surface area contributed by atoms with Gasteiger partial charge in [-0.1, -0.05) is 0 Å². The van der Waals surface area contributed by atoms with Crippen molar-refractivity contribution in [1.29, 1.82) is 0 Å². The lowest BCUT2D eigenvalue weighted by atomic mass is 10.00. The van der Waals surface area contributed by atoms with E-state index in [1.165, 1.54) is 11.9 Å². The minimum absolute atomic E-state index is 0.239. The predicted octanol–water partition coefficient (Wildman–Crippen LogP) is 2.89. The summed E-state index contributed by atoms with van der Waals surface area (Å²) in [5.41, 5.74) is 10.4. The van der Waals surface area contributed by atoms with E-state index in [9.17, 15) is 4.79 Å². The summed E-state index contributed by atoms with van der Waals surface area (Å²) >= 11 is 1.30. The molecule has 0 radical (unpaired) electrons. The van der Waals surface area contributed by atoms with Crippen LogP contribution in [-0.4, -0.2) is 23.3 Å². The van der Waals surface area contributed by atoms with Crippen molar-refractivity contribution < 1.29 is 4.79 Å². The van der Waals surface area contributed by atoms with Crippen molar-refractivity contribution in [3.63, 3.8) is 0 Å². The number of carbonyl (C=O) groups excluding carboxylic acids is 1. The number of fused-ring (bicyclic) bond motifs is 1. The van der Waals surface area contributed by atoms with E-state index in [-0.39, 0.29) is 6.03 Å². The zero-order valence-electron chi connectivity index (χ0n) is 12.5. The highest BCUT2D eigenvalue weighted by molar-refractivity contribution is 7.97. The molecule has 6 heteroatoms. The fourth-order valence-electron chi connectivity index (χ4n) is 2.31. The molecule has 5 nitrogen and oxygen atoms in total. The monoisotopic (exact) mass is 304 g/mol. The summed E-state index contributed by atoms with van der Waals surface area (Å²) in [4.78, 5) is 16.3. The van der Waals surface area contributed by atoms with Gasteiger partial charge in [0.05, 0.1) is 5.52 Å². The first-order chi connectivity index (χ1) is 10.0. The van der Waals surface area contributed by atoms with Gasteiger partial charge in [0.25, 0.3) is 0 Å². The number of nitrogens with two attached hydrogens (primary N) is 1. The number of carbonyl (C=O) groups is 1. The molecule has 0 unspecified atom stereocenters. The van der Waals surface area contributed by atoms with E-state index in [1.54, 1.807) is 0 Å². The van der Waals surface area contributed by atoms with Crippen LogP contribution in [0.1, 0.15) is 16.7 Å². The molecule has 0 saturated heterocycles. The Bertz CT molecular complexity index is 672. The third-order valence-corrected chi connectivity index (χ3v) is 4.08. The molecule has 0 aliphatic rings. The van der Waals surface area contributed by atoms with Crippen LogP contribution in [0.4, 0.5) is 10.5 Å². The first-order valence-corrected chi connectivity index (χ1v) is 7.77. The zero-order valence-corrected chi connectivity index (χ0v) is 13.3. The maximum Gasteiger partial charge on any atom is 0.329 e. The van der Waals surface area contributed by atoms with Gasteiger partial charge in [-0.2, -0.15) is 0 Å². The molecule has 1 aromatic carbocycles. The fraction of sp³-hybridized carbons (Fsp3) is 0.333. The molecule has 0 fully saturated rings. The average molecular weight is 304 g/mol. The van der Waals surface area contributed by atoms with Gasteiger partial charge in [0.1, 0.15) is 0 Å². The van der Waals surface area contributed by atoms with Gasteiger partial charge in [-0.15, -0.1) is 0 Å². The molecule has 1 heterocycles. The fourth-order valence-corrected chi connectivity index (χ4v) is 2.71. The SMILES string of the molecule is Cc1cc(NC(=O)NSCCN)c(C)c2c(C)ccnc12. The highest BCUT2D eigenvalue weighted by Crippen LogP contribution is 2.29. The third-order valence-electron chi connectivity index (χ3n) is 3.31. The van der Waals surface area contributed by atoms with Gasteiger partial charge < -0.3 is 11.1 Å². The number of hydrogen-bond acceptors (Lipinski definition) is 4. The number of pyridine rings is 1. The lowest BCUT2D eigenvalue weighted by Gasteiger charge is -2.14. The Morgan fingerprint density at radius 1 is 1.33 bits per heavy atom. The summed E-state index contributed by atoms with van der Waals surface area (Å²) in [7, 11) is 0. The number of hydrogen-bond donors (Lipinski definition) is 3. The van der Waals surface area contributed by atoms with Gasteiger partial charge in [0, 0.05) is 29.6 Å². The summed E-state index contributed by atoms with van der Waals surface area (Å²) in [6.07, 6.45) is 1.81. The lowest BCUT2D eigenvalue weighted by molar-refractivity contribution is 0.257. The number of benzene rings is 1. The van der Waals surface area contributed by atoms with Gasteiger partial charge >= 0.3 is 6.03 Å². The van der Waals surface area contributed by atoms with Crippen LogP contribution in [0.15, 0.2) is 18.3 Å². The Hall–Kier alpha value is -1.79. The Morgan fingerprint density at radius 2 is 2.10 bits per heavy atom. The first kappa shape index (κ1) is 15.6. The zero-order chi connectivity index (χ0) is 15.4. The van der Waals surface area contributed by atoms with Gasteiger partial charge in [0.15, 0.2) is 0 Å². The van der Waals surface area contributed by atoms with E-state index in [0.29, 0.717) is 12.3 Å². The van der Waals surface area contributed by atoms with Crippen molar-refractivity contribution in [2.75, 3.05) is 17.6 Å². The van der Waals surface area contributed by atoms with Crippen molar-refractivity contribution in [2.24, 2.45) is 5.73 Å². The Labute approximate surface area is 128 Å². The van der Waals surface area contributed by atoms with E-state index < -0.39 is 0 Å². The number of urea groups is 1. The summed E-state index contributed by atoms with van der Waals surface area (Å²) in [5.74, 6) is 0.687. The van der Waals surface area contributed by atoms with Gasteiger partial charge in [-0.3, -0.25) is 9.71 Å². The molecule has 0 bridgehead atoms. The van der Waals surface area contributed by atoms with Crippen LogP contribution in [0.3, 0.4) is 0 Å². The molecule has 0 saturated carbocycles. The van der Waals surface area contributed by atoms with Crippen LogP contribution in [0.25, 0.3) is 10.9 Å². The van der Waals surface area contributed by atoms with Gasteiger partial charge in [-0.05, 0) is 61.5 Å². The van der Waals surface area contributed by atoms with E-state index >= 15 is 0 Å². The van der Waals surface area contributed by atoms with E-state index in [0.717, 1.165) is 33.3 Å². The third kappa shape index (κ3) is 3.46. The summed E-state index contributed by atoms with van der Waals surface area (Å²) in [6.45, 7) is 6.58. The van der Waals surface area contributed by atoms with Crippen molar-refractivity contribution in [3.8, 4) is 0 Å². The molecule has 2 amide bonds. The molecule has 4 N–H and O–H groups in total. The van der Waals surface area contributed by atoms with E-state index in [1.807, 2.05) is 32.2 Å². The highest BCUT2D eigenvalue weighted by atomic mass is 32.2. The second-order valence-corrected chi connectivity index (χ2v) is 5.81. The Kier molecular flexibility index (Phi) is 5.03. The number of aryl methyl sites for hydroxylation is 3. The normalized spacial score (nSPS) is 10.7. The number of amides is 2. The standard InChI is InChI=1S/C15H20N4OS/c1-9-4-6-17-14-10(2)8-12(11(3)13(9)14)18-15(20)19-21-7-5-16/h4,6,8H,5,7,16H2,1-3H3,(H2,18,19,20). The number of nitrogens with one attached hydrogen (secondary N) is 2. The minimum Gasteiger partial charge on any atom is -0.330 e. The van der Waals surface area contributed by atoms with Crippen molar-refractivity contribution in [3.05, 3.63) is 35.0 Å². The quantitative estimate of drug-likeness (QED) is 0.599. The predicted molar refractivity (Wildman–Crippen MR) is 89.6 cm³/mol.